The number of hydrogen-bond donors (Lipinski definition) is 0. The summed E-state index contributed by atoms with van der Waals surface area (Å²) in [5.74, 6) is 3.40. The maximum atomic E-state index is 10.9. The standard InChI is InChI=1S/4CHO.3CH3.Co/c4*1-2;;;;/h4*1H;3*1H3;. The van der Waals surface area contributed by atoms with E-state index in [0.29, 0.717) is 0 Å². The van der Waals surface area contributed by atoms with E-state index < -0.39 is 9.49 Å². The van der Waals surface area contributed by atoms with Crippen LogP contribution in [0, 0.1) is 0 Å². The van der Waals surface area contributed by atoms with Gasteiger partial charge in [0.05, 0.1) is 0 Å². The Kier molecular flexibility index (Phi) is 1.37. The van der Waals surface area contributed by atoms with Gasteiger partial charge in [-0.1, -0.05) is 0 Å². The molecule has 0 aliphatic heterocycles. The van der Waals surface area contributed by atoms with E-state index in [4.69, 9.17) is 0 Å². The monoisotopic (exact) mass is 220 g/mol. The molecule has 0 saturated heterocycles. The third-order valence-electron chi connectivity index (χ3n) is 1.49. The average Bonchev–Trinajstić information content (AvgIpc) is 2.08. The SMILES string of the molecule is [CH3][Co]([CH3])([CH3])([CH]=O)([CH]=O)([CH]=O)[CH]=O. The molecule has 5 heteroatoms. The van der Waals surface area contributed by atoms with Gasteiger partial charge in [-0.05, 0) is 0 Å². The molecule has 0 fully saturated rings. The molecular formula is C7H13CoO4. The van der Waals surface area contributed by atoms with Crippen molar-refractivity contribution >= 4 is 20.9 Å². The fourth-order valence-electron chi connectivity index (χ4n) is 0.111. The summed E-state index contributed by atoms with van der Waals surface area (Å²) < 4.78 is 0. The molecule has 0 atom stereocenters. The Labute approximate surface area is 67.7 Å². The van der Waals surface area contributed by atoms with Crippen LogP contribution in [-0.4, -0.2) is 20.9 Å². The maximum absolute atomic E-state index is 10.9. The second-order valence-corrected chi connectivity index (χ2v) is 17.7. The Hall–Kier alpha value is -0.814. The summed E-state index contributed by atoms with van der Waals surface area (Å²) in [6.45, 7) is 0. The molecule has 0 amide bonds. The second kappa shape index (κ2) is 1.47. The fourth-order valence-corrected chi connectivity index (χ4v) is 0.458. The van der Waals surface area contributed by atoms with E-state index in [1.165, 1.54) is 0 Å². The number of rotatable bonds is 4. The molecule has 0 aromatic carbocycles. The van der Waals surface area contributed by atoms with Crippen LogP contribution in [0.3, 0.4) is 0 Å². The van der Waals surface area contributed by atoms with Crippen LogP contribution >= 0.6 is 0 Å². The number of carbonyl (C=O) groups excluding carboxylic acids is 4. The fraction of sp³-hybridized carbons (Fsp3) is 0.429. The molecule has 0 aliphatic rings. The van der Waals surface area contributed by atoms with Gasteiger partial charge < -0.3 is 0 Å². The van der Waals surface area contributed by atoms with E-state index in [0.717, 1.165) is 17.6 Å². The van der Waals surface area contributed by atoms with Crippen LogP contribution < -0.4 is 0 Å². The van der Waals surface area contributed by atoms with Gasteiger partial charge in [-0.25, -0.2) is 0 Å². The van der Waals surface area contributed by atoms with Gasteiger partial charge in [-0.3, -0.25) is 0 Å². The molecule has 0 unspecified atom stereocenters. The van der Waals surface area contributed by atoms with Crippen LogP contribution in [0.25, 0.3) is 0 Å². The molecule has 12 heavy (non-hydrogen) atoms. The predicted molar refractivity (Wildman–Crippen MR) is 44.6 cm³/mol. The van der Waals surface area contributed by atoms with E-state index in [9.17, 15) is 19.2 Å². The number of hydrogen-bond acceptors (Lipinski definition) is 4. The van der Waals surface area contributed by atoms with Crippen molar-refractivity contribution in [1.29, 1.82) is 0 Å². The third-order valence-corrected chi connectivity index (χ3v) is 6.13. The zero-order valence-corrected chi connectivity index (χ0v) is 8.32. The van der Waals surface area contributed by atoms with Gasteiger partial charge >= 0.3 is 67.1 Å². The molecule has 0 bridgehead atoms. The molecule has 0 rings (SSSR count). The molecule has 74 valence electrons. The van der Waals surface area contributed by atoms with Gasteiger partial charge in [0.1, 0.15) is 0 Å². The summed E-state index contributed by atoms with van der Waals surface area (Å²) in [6, 6.07) is 0. The van der Waals surface area contributed by atoms with Crippen molar-refractivity contribution in [3.05, 3.63) is 0 Å². The topological polar surface area (TPSA) is 68.3 Å². The van der Waals surface area contributed by atoms with E-state index in [2.05, 4.69) is 0 Å². The van der Waals surface area contributed by atoms with Crippen LogP contribution in [-0.2, 0) is 28.7 Å². The predicted octanol–water partition coefficient (Wildman–Crippen LogP) is 0.652. The van der Waals surface area contributed by atoms with E-state index in [-0.39, 0.29) is 20.9 Å². The first-order chi connectivity index (χ1) is 5.03. The van der Waals surface area contributed by atoms with Gasteiger partial charge in [-0.15, -0.1) is 0 Å². The van der Waals surface area contributed by atoms with Crippen molar-refractivity contribution in [3.8, 4) is 0 Å². The zero-order chi connectivity index (χ0) is 10.2. The summed E-state index contributed by atoms with van der Waals surface area (Å²) in [7, 11) is -5.13. The Morgan fingerprint density at radius 1 is 0.667 bits per heavy atom. The van der Waals surface area contributed by atoms with Crippen LogP contribution in [0.15, 0.2) is 0 Å². The summed E-state index contributed by atoms with van der Waals surface area (Å²) >= 11 is 0. The first-order valence-corrected chi connectivity index (χ1v) is 8.24. The molecule has 0 aromatic rings. The van der Waals surface area contributed by atoms with Crippen molar-refractivity contribution in [2.75, 3.05) is 0 Å². The van der Waals surface area contributed by atoms with Crippen molar-refractivity contribution in [2.45, 2.75) is 17.6 Å². The molecule has 0 spiro atoms. The summed E-state index contributed by atoms with van der Waals surface area (Å²) in [4.78, 5) is 43.4. The Bertz CT molecular complexity index is 253. The van der Waals surface area contributed by atoms with Crippen LogP contribution in [0.2, 0.25) is 17.6 Å². The van der Waals surface area contributed by atoms with Crippen LogP contribution in [0.1, 0.15) is 0 Å². The summed E-state index contributed by atoms with van der Waals surface area (Å²) in [5.41, 5.74) is 0. The van der Waals surface area contributed by atoms with Gasteiger partial charge in [0.15, 0.2) is 0 Å². The van der Waals surface area contributed by atoms with Gasteiger partial charge in [0, 0.05) is 0 Å². The third kappa shape index (κ3) is 1.15. The van der Waals surface area contributed by atoms with Crippen molar-refractivity contribution in [1.82, 2.24) is 0 Å². The van der Waals surface area contributed by atoms with Crippen LogP contribution in [0.5, 0.6) is 0 Å². The zero-order valence-electron chi connectivity index (χ0n) is 7.28. The van der Waals surface area contributed by atoms with E-state index >= 15 is 0 Å². The molecule has 4 nitrogen and oxygen atoms in total. The van der Waals surface area contributed by atoms with Crippen LogP contribution in [0.4, 0.5) is 0 Å². The molecule has 0 N–H and O–H groups in total. The van der Waals surface area contributed by atoms with Crippen molar-refractivity contribution in [2.24, 2.45) is 0 Å². The number of carbonyl (C=O) groups is 4. The molecule has 0 saturated carbocycles. The summed E-state index contributed by atoms with van der Waals surface area (Å²) in [6.07, 6.45) is 0. The first kappa shape index (κ1) is 11.2. The molecule has 0 aliphatic carbocycles. The minimum atomic E-state index is -5.13. The molecule has 0 aromatic heterocycles. The molecule has 0 heterocycles. The van der Waals surface area contributed by atoms with E-state index in [1.54, 1.807) is 0 Å². The normalized spacial score (nSPS) is 20.4. The molecule has 0 radical (unpaired) electrons. The van der Waals surface area contributed by atoms with Gasteiger partial charge in [-0.2, -0.15) is 0 Å². The van der Waals surface area contributed by atoms with Gasteiger partial charge in [0.25, 0.3) is 0 Å². The van der Waals surface area contributed by atoms with Gasteiger partial charge in [0.2, 0.25) is 0 Å². The Morgan fingerprint density at radius 2 is 0.833 bits per heavy atom. The van der Waals surface area contributed by atoms with Crippen molar-refractivity contribution in [3.63, 3.8) is 0 Å². The minimum absolute atomic E-state index is 0.196. The second-order valence-electron chi connectivity index (χ2n) is 4.29. The quantitative estimate of drug-likeness (QED) is 0.652. The summed E-state index contributed by atoms with van der Waals surface area (Å²) in [5, 5.41) is 0.786. The first-order valence-electron chi connectivity index (χ1n) is 2.71. The Morgan fingerprint density at radius 3 is 0.833 bits per heavy atom. The average molecular weight is 220 g/mol. The Balaban J connectivity index is 6.45. The molecular weight excluding hydrogens is 207 g/mol. The van der Waals surface area contributed by atoms with Crippen molar-refractivity contribution < 1.29 is 28.7 Å². The van der Waals surface area contributed by atoms with E-state index in [1.807, 2.05) is 0 Å².